The maximum atomic E-state index is 12.3. The second-order valence-corrected chi connectivity index (χ2v) is 4.84. The molecule has 1 atom stereocenters. The zero-order valence-corrected chi connectivity index (χ0v) is 11.5. The van der Waals surface area contributed by atoms with Gasteiger partial charge < -0.3 is 10.1 Å². The second-order valence-electron chi connectivity index (χ2n) is 4.84. The van der Waals surface area contributed by atoms with Gasteiger partial charge in [0.15, 0.2) is 11.9 Å². The van der Waals surface area contributed by atoms with Crippen molar-refractivity contribution in [2.24, 2.45) is 5.92 Å². The molecule has 0 saturated carbocycles. The van der Waals surface area contributed by atoms with E-state index < -0.39 is 6.10 Å². The third-order valence-corrected chi connectivity index (χ3v) is 3.55. The van der Waals surface area contributed by atoms with Crippen LogP contribution in [0.5, 0.6) is 5.75 Å². The molecule has 0 aliphatic carbocycles. The lowest BCUT2D eigenvalue weighted by molar-refractivity contribution is -0.122. The summed E-state index contributed by atoms with van der Waals surface area (Å²) in [6.07, 6.45) is 1.16. The molecule has 1 N–H and O–H groups in total. The second kappa shape index (κ2) is 5.43. The van der Waals surface area contributed by atoms with Gasteiger partial charge in [0.05, 0.1) is 5.69 Å². The number of hydrogen-bond donors (Lipinski definition) is 1. The third-order valence-electron chi connectivity index (χ3n) is 3.55. The van der Waals surface area contributed by atoms with Crippen molar-refractivity contribution in [2.45, 2.75) is 39.7 Å². The van der Waals surface area contributed by atoms with Crippen LogP contribution in [0.2, 0.25) is 0 Å². The van der Waals surface area contributed by atoms with Crippen molar-refractivity contribution in [2.75, 3.05) is 5.32 Å². The Hall–Kier alpha value is -1.84. The molecule has 0 saturated heterocycles. The number of benzene rings is 1. The van der Waals surface area contributed by atoms with Crippen molar-refractivity contribution < 1.29 is 14.3 Å². The first-order valence-corrected chi connectivity index (χ1v) is 6.72. The molecule has 1 aliphatic heterocycles. The number of nitrogens with one attached hydrogen (secondary N) is 1. The molecule has 102 valence electrons. The molecule has 0 aromatic heterocycles. The van der Waals surface area contributed by atoms with E-state index in [1.165, 1.54) is 0 Å². The molecule has 0 fully saturated rings. The predicted octanol–water partition coefficient (Wildman–Crippen LogP) is 3.02. The van der Waals surface area contributed by atoms with E-state index in [1.54, 1.807) is 25.1 Å². The molecule has 1 aliphatic rings. The van der Waals surface area contributed by atoms with Crippen LogP contribution in [0.15, 0.2) is 18.2 Å². The largest absolute Gasteiger partial charge is 0.479 e. The highest BCUT2D eigenvalue weighted by Gasteiger charge is 2.25. The summed E-state index contributed by atoms with van der Waals surface area (Å²) in [6.45, 7) is 5.72. The molecule has 4 nitrogen and oxygen atoms in total. The van der Waals surface area contributed by atoms with Crippen LogP contribution in [0.25, 0.3) is 0 Å². The summed E-state index contributed by atoms with van der Waals surface area (Å²) in [7, 11) is 0. The van der Waals surface area contributed by atoms with Gasteiger partial charge in [-0.15, -0.1) is 0 Å². The topological polar surface area (TPSA) is 55.4 Å². The lowest BCUT2D eigenvalue weighted by Gasteiger charge is -2.24. The Balaban J connectivity index is 2.29. The molecular weight excluding hydrogens is 242 g/mol. The lowest BCUT2D eigenvalue weighted by Crippen LogP contribution is -2.34. The van der Waals surface area contributed by atoms with Crippen LogP contribution in [0.3, 0.4) is 0 Å². The normalized spacial score (nSPS) is 17.7. The van der Waals surface area contributed by atoms with Crippen LogP contribution in [-0.4, -0.2) is 17.8 Å². The van der Waals surface area contributed by atoms with E-state index in [1.807, 2.05) is 13.8 Å². The maximum Gasteiger partial charge on any atom is 0.265 e. The minimum Gasteiger partial charge on any atom is -0.479 e. The lowest BCUT2D eigenvalue weighted by atomic mass is 9.92. The van der Waals surface area contributed by atoms with Gasteiger partial charge in [-0.1, -0.05) is 13.8 Å². The van der Waals surface area contributed by atoms with E-state index >= 15 is 0 Å². The van der Waals surface area contributed by atoms with E-state index in [4.69, 9.17) is 4.74 Å². The predicted molar refractivity (Wildman–Crippen MR) is 73.6 cm³/mol. The molecule has 0 spiro atoms. The molecule has 1 heterocycles. The highest BCUT2D eigenvalue weighted by Crippen LogP contribution is 2.31. The Morgan fingerprint density at radius 2 is 2.05 bits per heavy atom. The molecule has 4 heteroatoms. The van der Waals surface area contributed by atoms with Crippen molar-refractivity contribution in [3.63, 3.8) is 0 Å². The fraction of sp³-hybridized carbons (Fsp3) is 0.467. The fourth-order valence-corrected chi connectivity index (χ4v) is 2.26. The van der Waals surface area contributed by atoms with Gasteiger partial charge in [0.25, 0.3) is 5.91 Å². The van der Waals surface area contributed by atoms with E-state index in [-0.39, 0.29) is 17.6 Å². The SMILES string of the molecule is CCC(CC)C(=O)c1ccc2c(c1)NC(=O)C(C)O2. The summed E-state index contributed by atoms with van der Waals surface area (Å²) < 4.78 is 5.47. The van der Waals surface area contributed by atoms with Gasteiger partial charge in [0, 0.05) is 11.5 Å². The van der Waals surface area contributed by atoms with Gasteiger partial charge in [0.2, 0.25) is 0 Å². The zero-order valence-electron chi connectivity index (χ0n) is 11.5. The molecule has 0 bridgehead atoms. The van der Waals surface area contributed by atoms with Crippen LogP contribution >= 0.6 is 0 Å². The Kier molecular flexibility index (Phi) is 3.88. The summed E-state index contributed by atoms with van der Waals surface area (Å²) in [5, 5.41) is 2.76. The first kappa shape index (κ1) is 13.6. The van der Waals surface area contributed by atoms with Crippen LogP contribution < -0.4 is 10.1 Å². The fourth-order valence-electron chi connectivity index (χ4n) is 2.26. The Morgan fingerprint density at radius 1 is 1.37 bits per heavy atom. The van der Waals surface area contributed by atoms with Gasteiger partial charge in [-0.3, -0.25) is 9.59 Å². The number of carbonyl (C=O) groups excluding carboxylic acids is 2. The zero-order chi connectivity index (χ0) is 14.0. The van der Waals surface area contributed by atoms with Crippen molar-refractivity contribution in [1.29, 1.82) is 0 Å². The quantitative estimate of drug-likeness (QED) is 0.848. The Bertz CT molecular complexity index is 506. The van der Waals surface area contributed by atoms with Crippen LogP contribution in [0, 0.1) is 5.92 Å². The summed E-state index contributed by atoms with van der Waals surface area (Å²) in [6, 6.07) is 5.23. The average molecular weight is 261 g/mol. The monoisotopic (exact) mass is 261 g/mol. The number of carbonyl (C=O) groups is 2. The first-order chi connectivity index (χ1) is 9.06. The molecule has 1 aromatic carbocycles. The summed E-state index contributed by atoms with van der Waals surface area (Å²) in [5.74, 6) is 0.602. The summed E-state index contributed by atoms with van der Waals surface area (Å²) in [5.41, 5.74) is 1.21. The third kappa shape index (κ3) is 2.62. The molecule has 1 unspecified atom stereocenters. The van der Waals surface area contributed by atoms with Gasteiger partial charge in [0.1, 0.15) is 5.75 Å². The Labute approximate surface area is 113 Å². The molecular formula is C15H19NO3. The minimum atomic E-state index is -0.493. The van der Waals surface area contributed by atoms with Crippen LogP contribution in [-0.2, 0) is 4.79 Å². The highest BCUT2D eigenvalue weighted by atomic mass is 16.5. The first-order valence-electron chi connectivity index (χ1n) is 6.72. The van der Waals surface area contributed by atoms with Gasteiger partial charge >= 0.3 is 0 Å². The number of ketones is 1. The number of ether oxygens (including phenoxy) is 1. The standard InChI is InChI=1S/C15H19NO3/c1-4-10(5-2)14(17)11-6-7-13-12(8-11)16-15(18)9(3)19-13/h6-10H,4-5H2,1-3H3,(H,16,18). The van der Waals surface area contributed by atoms with E-state index in [0.29, 0.717) is 17.0 Å². The van der Waals surface area contributed by atoms with Crippen molar-refractivity contribution >= 4 is 17.4 Å². The molecule has 0 radical (unpaired) electrons. The van der Waals surface area contributed by atoms with E-state index in [2.05, 4.69) is 5.32 Å². The van der Waals surface area contributed by atoms with Gasteiger partial charge in [-0.05, 0) is 38.0 Å². The number of rotatable bonds is 4. The maximum absolute atomic E-state index is 12.3. The van der Waals surface area contributed by atoms with Crippen molar-refractivity contribution in [3.8, 4) is 5.75 Å². The molecule has 2 rings (SSSR count). The number of fused-ring (bicyclic) bond motifs is 1. The average Bonchev–Trinajstić information content (AvgIpc) is 2.41. The molecule has 1 aromatic rings. The van der Waals surface area contributed by atoms with Gasteiger partial charge in [-0.2, -0.15) is 0 Å². The van der Waals surface area contributed by atoms with Crippen molar-refractivity contribution in [1.82, 2.24) is 0 Å². The molecule has 1 amide bonds. The van der Waals surface area contributed by atoms with Gasteiger partial charge in [-0.25, -0.2) is 0 Å². The smallest absolute Gasteiger partial charge is 0.265 e. The minimum absolute atomic E-state index is 0.0391. The summed E-state index contributed by atoms with van der Waals surface area (Å²) in [4.78, 5) is 23.8. The Morgan fingerprint density at radius 3 is 2.68 bits per heavy atom. The summed E-state index contributed by atoms with van der Waals surface area (Å²) >= 11 is 0. The van der Waals surface area contributed by atoms with E-state index in [0.717, 1.165) is 12.8 Å². The number of Topliss-reactive ketones (excluding diaryl/α,β-unsaturated/α-hetero) is 1. The molecule has 19 heavy (non-hydrogen) atoms. The van der Waals surface area contributed by atoms with Crippen LogP contribution in [0.1, 0.15) is 44.0 Å². The highest BCUT2D eigenvalue weighted by molar-refractivity contribution is 6.02. The van der Waals surface area contributed by atoms with Crippen LogP contribution in [0.4, 0.5) is 5.69 Å². The number of anilines is 1. The number of amides is 1. The van der Waals surface area contributed by atoms with E-state index in [9.17, 15) is 9.59 Å². The van der Waals surface area contributed by atoms with Crippen molar-refractivity contribution in [3.05, 3.63) is 23.8 Å². The number of hydrogen-bond acceptors (Lipinski definition) is 3.